The van der Waals surface area contributed by atoms with Crippen molar-refractivity contribution >= 4 is 132 Å². The van der Waals surface area contributed by atoms with Crippen LogP contribution in [0.2, 0.25) is 0 Å². The third-order valence-electron chi connectivity index (χ3n) is 19.9. The number of hydrogen-bond donors (Lipinski definition) is 0. The summed E-state index contributed by atoms with van der Waals surface area (Å²) >= 11 is 1.85. The van der Waals surface area contributed by atoms with Crippen molar-refractivity contribution in [3.05, 3.63) is 314 Å². The summed E-state index contributed by atoms with van der Waals surface area (Å²) in [6, 6.07) is 105. The Hall–Kier alpha value is -10.4. The average molecular weight is 1230 g/mol. The Labute approximate surface area is 572 Å². The second kappa shape index (κ2) is 23.8. The Morgan fingerprint density at radius 2 is 0.854 bits per heavy atom. The molecule has 8 radical (unpaired) electrons. The minimum atomic E-state index is -0.183. The zero-order valence-corrected chi connectivity index (χ0v) is 54.6. The molecule has 1 aliphatic carbocycles. The number of benzene rings is 13. The van der Waals surface area contributed by atoms with E-state index in [1.165, 1.54) is 54.7 Å². The Kier molecular flexibility index (Phi) is 14.7. The second-order valence-corrected chi connectivity index (χ2v) is 27.8. The second-order valence-electron chi connectivity index (χ2n) is 26.7. The monoisotopic (exact) mass is 1230 g/mol. The highest BCUT2D eigenvalue weighted by Gasteiger charge is 2.44. The topological polar surface area (TPSA) is 8.17 Å². The van der Waals surface area contributed by atoms with Crippen LogP contribution in [-0.4, -0.2) is 42.7 Å². The number of rotatable bonds is 10. The van der Waals surface area contributed by atoms with Gasteiger partial charge < -0.3 is 9.47 Å². The van der Waals surface area contributed by atoms with Crippen molar-refractivity contribution in [3.8, 4) is 72.4 Å². The van der Waals surface area contributed by atoms with E-state index in [0.717, 1.165) is 124 Å². The molecule has 8 heteroatoms. The van der Waals surface area contributed by atoms with E-state index in [0.29, 0.717) is 16.4 Å². The minimum Gasteiger partial charge on any atom is -0.310 e. The molecule has 0 bridgehead atoms. The van der Waals surface area contributed by atoms with E-state index in [1.807, 2.05) is 11.8 Å². The van der Waals surface area contributed by atoms with Gasteiger partial charge in [-0.1, -0.05) is 267 Å². The van der Waals surface area contributed by atoms with Crippen molar-refractivity contribution in [1.29, 1.82) is 0 Å². The molecule has 1 aromatic heterocycles. The van der Waals surface area contributed by atoms with Crippen LogP contribution in [0.3, 0.4) is 0 Å². The molecule has 13 aromatic carbocycles. The van der Waals surface area contributed by atoms with E-state index in [4.69, 9.17) is 31.4 Å². The molecule has 0 unspecified atom stereocenters. The molecule has 0 N–H and O–H groups in total. The smallest absolute Gasteiger partial charge is 0.249 e. The number of aromatic nitrogens is 1. The Bertz CT molecular complexity index is 5390. The molecule has 17 rings (SSSR count). The molecule has 2 nitrogen and oxygen atoms in total. The van der Waals surface area contributed by atoms with Crippen LogP contribution >= 0.6 is 11.8 Å². The van der Waals surface area contributed by atoms with Crippen LogP contribution in [-0.2, 0) is 5.41 Å². The third-order valence-corrected chi connectivity index (χ3v) is 21.1. The lowest BCUT2D eigenvalue weighted by atomic mass is 9.34. The van der Waals surface area contributed by atoms with Gasteiger partial charge in [0.15, 0.2) is 0 Å². The molecule has 0 saturated heterocycles. The lowest BCUT2D eigenvalue weighted by Crippen LogP contribution is -2.60. The minimum absolute atomic E-state index is 0.172. The van der Waals surface area contributed by atoms with Gasteiger partial charge in [0.05, 0.1) is 11.2 Å². The predicted molar refractivity (Wildman–Crippen MR) is 414 cm³/mol. The first-order chi connectivity index (χ1) is 46.9. The van der Waals surface area contributed by atoms with Crippen LogP contribution < -0.4 is 43.1 Å². The molecule has 96 heavy (non-hydrogen) atoms. The number of nitrogens with zero attached hydrogens (tertiary/aromatic N) is 2. The van der Waals surface area contributed by atoms with Gasteiger partial charge in [-0.3, -0.25) is 0 Å². The summed E-state index contributed by atoms with van der Waals surface area (Å²) in [5, 5.41) is 1.75. The fraction of sp³-hybridized carbons (Fsp3) is 0.0682. The van der Waals surface area contributed by atoms with Crippen molar-refractivity contribution in [2.24, 2.45) is 0 Å². The van der Waals surface area contributed by atoms with Crippen molar-refractivity contribution < 1.29 is 0 Å². The van der Waals surface area contributed by atoms with Gasteiger partial charge in [0, 0.05) is 43.3 Å². The van der Waals surface area contributed by atoms with Crippen LogP contribution in [0.5, 0.6) is 0 Å². The van der Waals surface area contributed by atoms with Crippen LogP contribution in [0.1, 0.15) is 50.3 Å². The Morgan fingerprint density at radius 3 is 1.38 bits per heavy atom. The van der Waals surface area contributed by atoms with Crippen LogP contribution in [0, 0.1) is 0 Å². The normalized spacial score (nSPS) is 13.4. The van der Waals surface area contributed by atoms with Crippen molar-refractivity contribution in [3.63, 3.8) is 0 Å². The highest BCUT2D eigenvalue weighted by Crippen LogP contribution is 2.50. The molecule has 0 amide bonds. The average Bonchev–Trinajstić information content (AvgIpc) is 0.937. The fourth-order valence-corrected chi connectivity index (χ4v) is 16.4. The van der Waals surface area contributed by atoms with Gasteiger partial charge in [-0.15, -0.1) is 10.9 Å². The van der Waals surface area contributed by atoms with Gasteiger partial charge >= 0.3 is 0 Å². The van der Waals surface area contributed by atoms with E-state index in [1.54, 1.807) is 0 Å². The molecular formula is C88H61B5N2S. The standard InChI is InChI=1S/C88H61B5N2S/c1-88(2,3)68-39-42-75-72(51-68)80-81(89)82(90)83(91)84(92)87(80)94(75)69-52-77-85-79(53-69)96-78-50-61(67-47-64(56-27-14-6-15-28-56)44-65(48-67)57-29-16-7-17-30-57)38-41-74(78)93(85)73-40-37-60(66-45-62(54-23-10-4-11-24-54)43-63(46-66)55-25-12-5-13-26-55)49-76(73)95(77)86-70(58-31-18-8-19-32-58)35-22-36-71(86)59-33-20-9-21-34-59/h4-21,23-35,37-53H,22,36H2,1-3H3. The summed E-state index contributed by atoms with van der Waals surface area (Å²) in [6.45, 7) is 6.55. The van der Waals surface area contributed by atoms with E-state index in [-0.39, 0.29) is 17.6 Å². The molecular weight excluding hydrogens is 1170 g/mol. The first kappa shape index (κ1) is 59.4. The molecule has 2 aliphatic heterocycles. The Morgan fingerprint density at radius 1 is 0.385 bits per heavy atom. The van der Waals surface area contributed by atoms with Crippen LogP contribution in [0.15, 0.2) is 307 Å². The highest BCUT2D eigenvalue weighted by atomic mass is 32.2. The summed E-state index contributed by atoms with van der Waals surface area (Å²) in [5.41, 5.74) is 30.6. The molecule has 0 fully saturated rings. The molecule has 0 saturated carbocycles. The van der Waals surface area contributed by atoms with Crippen molar-refractivity contribution in [2.75, 3.05) is 4.90 Å². The lowest BCUT2D eigenvalue weighted by Gasteiger charge is -2.43. The summed E-state index contributed by atoms with van der Waals surface area (Å²) in [5.74, 6) is 0. The zero-order valence-electron chi connectivity index (χ0n) is 53.8. The van der Waals surface area contributed by atoms with Gasteiger partial charge in [-0.2, -0.15) is 0 Å². The van der Waals surface area contributed by atoms with Gasteiger partial charge in [-0.05, 0) is 196 Å². The van der Waals surface area contributed by atoms with Gasteiger partial charge in [0.1, 0.15) is 31.4 Å². The van der Waals surface area contributed by atoms with Crippen LogP contribution in [0.25, 0.3) is 105 Å². The maximum absolute atomic E-state index is 7.41. The van der Waals surface area contributed by atoms with Gasteiger partial charge in [0.2, 0.25) is 6.71 Å². The number of fused-ring (bicyclic) bond motifs is 7. The van der Waals surface area contributed by atoms with E-state index in [9.17, 15) is 0 Å². The largest absolute Gasteiger partial charge is 0.310 e. The van der Waals surface area contributed by atoms with Gasteiger partial charge in [0.25, 0.3) is 0 Å². The summed E-state index contributed by atoms with van der Waals surface area (Å²) in [6.07, 6.45) is 4.18. The van der Waals surface area contributed by atoms with E-state index >= 15 is 0 Å². The maximum Gasteiger partial charge on any atom is 0.249 e. The molecule has 3 aliphatic rings. The fourth-order valence-electron chi connectivity index (χ4n) is 15.1. The molecule has 14 aromatic rings. The number of anilines is 2. The first-order valence-electron chi connectivity index (χ1n) is 33.1. The zero-order chi connectivity index (χ0) is 64.9. The SMILES string of the molecule is [B]c1c([B])c([B])c2c(c1[B])c1cc(C(C)(C)C)ccc1n2-c1cc2c3c(c1)N(C1=C(c4ccccc4)CCC=C1c1ccccc1)c1cc(-c4cc(-c5ccccc5)cc(-c5ccccc5)c4)ccc1B3c1ccc(-c3cc(-c4ccccc4)cc(-c4ccccc4)c3)cc1S2. The van der Waals surface area contributed by atoms with E-state index < -0.39 is 0 Å². The first-order valence-corrected chi connectivity index (χ1v) is 33.9. The number of hydrogen-bond acceptors (Lipinski definition) is 2. The molecule has 0 atom stereocenters. The molecule has 3 heterocycles. The molecule has 0 spiro atoms. The summed E-state index contributed by atoms with van der Waals surface area (Å²) in [7, 11) is 28.6. The van der Waals surface area contributed by atoms with E-state index in [2.05, 4.69) is 321 Å². The third kappa shape index (κ3) is 10.2. The lowest BCUT2D eigenvalue weighted by molar-refractivity contribution is 0.591. The summed E-state index contributed by atoms with van der Waals surface area (Å²) < 4.78 is 2.31. The van der Waals surface area contributed by atoms with Crippen molar-refractivity contribution in [1.82, 2.24) is 4.57 Å². The molecule has 444 valence electrons. The maximum atomic E-state index is 7.41. The predicted octanol–water partition coefficient (Wildman–Crippen LogP) is 17.0. The highest BCUT2D eigenvalue weighted by molar-refractivity contribution is 8.00. The van der Waals surface area contributed by atoms with Crippen LogP contribution in [0.4, 0.5) is 11.4 Å². The summed E-state index contributed by atoms with van der Waals surface area (Å²) in [4.78, 5) is 4.98. The quantitative estimate of drug-likeness (QED) is 0.126. The number of allylic oxidation sites excluding steroid dienone is 3. The van der Waals surface area contributed by atoms with Gasteiger partial charge in [-0.25, -0.2) is 0 Å². The Balaban J connectivity index is 0.982. The van der Waals surface area contributed by atoms with Crippen molar-refractivity contribution in [2.45, 2.75) is 48.8 Å².